The van der Waals surface area contributed by atoms with E-state index < -0.39 is 22.4 Å². The number of anilines is 1. The number of aliphatic hydroxyl groups is 1. The highest BCUT2D eigenvalue weighted by molar-refractivity contribution is 7.93. The van der Waals surface area contributed by atoms with Crippen LogP contribution in [0.3, 0.4) is 0 Å². The molecule has 2 aromatic rings. The van der Waals surface area contributed by atoms with E-state index >= 15 is 0 Å². The van der Waals surface area contributed by atoms with Crippen molar-refractivity contribution in [2.45, 2.75) is 18.4 Å². The number of nitrogens with one attached hydrogen (secondary N) is 1. The summed E-state index contributed by atoms with van der Waals surface area (Å²) in [7, 11) is -4.02. The minimum Gasteiger partial charge on any atom is -0.392 e. The van der Waals surface area contributed by atoms with Crippen LogP contribution in [0.2, 0.25) is 5.02 Å². The molecule has 0 aliphatic carbocycles. The van der Waals surface area contributed by atoms with Gasteiger partial charge in [-0.25, -0.2) is 12.8 Å². The first-order chi connectivity index (χ1) is 9.33. The minimum atomic E-state index is -4.02. The molecule has 0 atom stereocenters. The maximum Gasteiger partial charge on any atom is 0.263 e. The summed E-state index contributed by atoms with van der Waals surface area (Å²) < 4.78 is 39.9. The Kier molecular flexibility index (Phi) is 4.23. The first-order valence-corrected chi connectivity index (χ1v) is 7.93. The Morgan fingerprint density at radius 3 is 2.70 bits per heavy atom. The number of nitrogens with zero attached hydrogens (tertiary/aromatic N) is 2. The van der Waals surface area contributed by atoms with Crippen LogP contribution in [0.15, 0.2) is 17.0 Å². The standard InChI is InChI=1S/C10H9ClFN3O3S2/c1-5-13-14-10(19-5)15-20(17,18)7-2-6(4-16)9(11)8(12)3-7/h2-3,16H,4H2,1H3,(H,14,15). The number of aryl methyl sites for hydroxylation is 1. The fourth-order valence-corrected chi connectivity index (χ4v) is 3.45. The molecule has 0 aliphatic rings. The van der Waals surface area contributed by atoms with Crippen LogP contribution in [0.25, 0.3) is 0 Å². The lowest BCUT2D eigenvalue weighted by Crippen LogP contribution is -2.13. The minimum absolute atomic E-state index is 0.0134. The average Bonchev–Trinajstić information content (AvgIpc) is 2.77. The van der Waals surface area contributed by atoms with Gasteiger partial charge in [0.05, 0.1) is 16.5 Å². The predicted molar refractivity (Wildman–Crippen MR) is 72.8 cm³/mol. The zero-order valence-corrected chi connectivity index (χ0v) is 12.5. The Morgan fingerprint density at radius 2 is 2.15 bits per heavy atom. The zero-order chi connectivity index (χ0) is 14.9. The number of aliphatic hydroxyl groups excluding tert-OH is 1. The molecule has 1 aromatic carbocycles. The van der Waals surface area contributed by atoms with E-state index in [1.54, 1.807) is 6.92 Å². The molecule has 6 nitrogen and oxygen atoms in total. The first kappa shape index (κ1) is 15.1. The SMILES string of the molecule is Cc1nnc(NS(=O)(=O)c2cc(F)c(Cl)c(CO)c2)s1. The molecule has 0 fully saturated rings. The van der Waals surface area contributed by atoms with Crippen LogP contribution < -0.4 is 4.72 Å². The fraction of sp³-hybridized carbons (Fsp3) is 0.200. The van der Waals surface area contributed by atoms with Gasteiger partial charge in [-0.2, -0.15) is 0 Å². The van der Waals surface area contributed by atoms with Crippen LogP contribution in [0.1, 0.15) is 10.6 Å². The van der Waals surface area contributed by atoms with Gasteiger partial charge in [-0.15, -0.1) is 10.2 Å². The Morgan fingerprint density at radius 1 is 1.45 bits per heavy atom. The normalized spacial score (nSPS) is 11.6. The summed E-state index contributed by atoms with van der Waals surface area (Å²) in [5, 5.41) is 16.7. The molecular weight excluding hydrogens is 329 g/mol. The number of hydrogen-bond donors (Lipinski definition) is 2. The van der Waals surface area contributed by atoms with E-state index in [0.29, 0.717) is 5.01 Å². The van der Waals surface area contributed by atoms with Crippen LogP contribution in [0, 0.1) is 12.7 Å². The Bertz CT molecular complexity index is 748. The summed E-state index contributed by atoms with van der Waals surface area (Å²) >= 11 is 6.65. The second kappa shape index (κ2) is 5.60. The molecule has 0 radical (unpaired) electrons. The molecule has 108 valence electrons. The van der Waals surface area contributed by atoms with Gasteiger partial charge in [-0.05, 0) is 19.1 Å². The van der Waals surface area contributed by atoms with E-state index in [9.17, 15) is 12.8 Å². The molecule has 0 bridgehead atoms. The monoisotopic (exact) mass is 337 g/mol. The zero-order valence-electron chi connectivity index (χ0n) is 10.1. The molecule has 2 rings (SSSR count). The molecule has 0 saturated carbocycles. The summed E-state index contributed by atoms with van der Waals surface area (Å²) in [6, 6.07) is 1.87. The molecule has 0 saturated heterocycles. The van der Waals surface area contributed by atoms with Crippen molar-refractivity contribution in [1.29, 1.82) is 0 Å². The maximum atomic E-state index is 13.5. The molecular formula is C10H9ClFN3O3S2. The van der Waals surface area contributed by atoms with Gasteiger partial charge in [0.15, 0.2) is 0 Å². The van der Waals surface area contributed by atoms with Crippen LogP contribution in [-0.2, 0) is 16.6 Å². The van der Waals surface area contributed by atoms with Gasteiger partial charge in [-0.3, -0.25) is 4.72 Å². The van der Waals surface area contributed by atoms with E-state index in [4.69, 9.17) is 16.7 Å². The van der Waals surface area contributed by atoms with Crippen molar-refractivity contribution in [2.75, 3.05) is 4.72 Å². The number of aromatic nitrogens is 2. The van der Waals surface area contributed by atoms with Gasteiger partial charge < -0.3 is 5.11 Å². The lowest BCUT2D eigenvalue weighted by molar-refractivity contribution is 0.281. The molecule has 1 heterocycles. The Hall–Kier alpha value is -1.29. The molecule has 20 heavy (non-hydrogen) atoms. The highest BCUT2D eigenvalue weighted by Crippen LogP contribution is 2.26. The smallest absolute Gasteiger partial charge is 0.263 e. The van der Waals surface area contributed by atoms with E-state index in [1.165, 1.54) is 0 Å². The molecule has 10 heteroatoms. The van der Waals surface area contributed by atoms with Gasteiger partial charge in [0.25, 0.3) is 10.0 Å². The summed E-state index contributed by atoms with van der Waals surface area (Å²) in [6.45, 7) is 1.10. The fourth-order valence-electron chi connectivity index (χ4n) is 1.40. The molecule has 1 aromatic heterocycles. The number of rotatable bonds is 4. The molecule has 0 aliphatic heterocycles. The van der Waals surface area contributed by atoms with E-state index in [-0.39, 0.29) is 20.6 Å². The van der Waals surface area contributed by atoms with Crippen LogP contribution in [0.4, 0.5) is 9.52 Å². The summed E-state index contributed by atoms with van der Waals surface area (Å²) in [5.41, 5.74) is -0.0134. The summed E-state index contributed by atoms with van der Waals surface area (Å²) in [5.74, 6) is -0.924. The van der Waals surface area contributed by atoms with Gasteiger partial charge in [0, 0.05) is 5.56 Å². The third kappa shape index (κ3) is 3.06. The third-order valence-electron chi connectivity index (χ3n) is 2.31. The molecule has 0 spiro atoms. The van der Waals surface area contributed by atoms with Gasteiger partial charge in [0.1, 0.15) is 10.8 Å². The third-order valence-corrected chi connectivity index (χ3v) is 4.93. The largest absolute Gasteiger partial charge is 0.392 e. The Labute approximate surface area is 123 Å². The van der Waals surface area contributed by atoms with Crippen LogP contribution in [-0.4, -0.2) is 23.7 Å². The maximum absolute atomic E-state index is 13.5. The van der Waals surface area contributed by atoms with Crippen LogP contribution >= 0.6 is 22.9 Å². The number of sulfonamides is 1. The van der Waals surface area contributed by atoms with Crippen molar-refractivity contribution in [2.24, 2.45) is 0 Å². The second-order valence-corrected chi connectivity index (χ2v) is 7.01. The molecule has 0 unspecified atom stereocenters. The topological polar surface area (TPSA) is 92.2 Å². The van der Waals surface area contributed by atoms with Crippen molar-refractivity contribution in [3.8, 4) is 0 Å². The van der Waals surface area contributed by atoms with E-state index in [1.807, 2.05) is 0 Å². The van der Waals surface area contributed by atoms with Crippen LogP contribution in [0.5, 0.6) is 0 Å². The van der Waals surface area contributed by atoms with Gasteiger partial charge in [0.2, 0.25) is 5.13 Å². The number of benzene rings is 1. The number of halogens is 2. The highest BCUT2D eigenvalue weighted by Gasteiger charge is 2.20. The van der Waals surface area contributed by atoms with E-state index in [2.05, 4.69) is 14.9 Å². The lowest BCUT2D eigenvalue weighted by atomic mass is 10.2. The molecule has 2 N–H and O–H groups in total. The quantitative estimate of drug-likeness (QED) is 0.889. The Balaban J connectivity index is 2.41. The number of hydrogen-bond acceptors (Lipinski definition) is 6. The van der Waals surface area contributed by atoms with Crippen molar-refractivity contribution in [3.63, 3.8) is 0 Å². The van der Waals surface area contributed by atoms with Crippen molar-refractivity contribution >= 4 is 38.1 Å². The van der Waals surface area contributed by atoms with Crippen molar-refractivity contribution < 1.29 is 17.9 Å². The highest BCUT2D eigenvalue weighted by atomic mass is 35.5. The second-order valence-electron chi connectivity index (χ2n) is 3.77. The molecule has 0 amide bonds. The average molecular weight is 338 g/mol. The van der Waals surface area contributed by atoms with E-state index in [0.717, 1.165) is 23.5 Å². The van der Waals surface area contributed by atoms with Gasteiger partial charge >= 0.3 is 0 Å². The van der Waals surface area contributed by atoms with Crippen molar-refractivity contribution in [3.05, 3.63) is 33.5 Å². The summed E-state index contributed by atoms with van der Waals surface area (Å²) in [6.07, 6.45) is 0. The lowest BCUT2D eigenvalue weighted by Gasteiger charge is -2.08. The first-order valence-electron chi connectivity index (χ1n) is 5.25. The van der Waals surface area contributed by atoms with Crippen molar-refractivity contribution in [1.82, 2.24) is 10.2 Å². The predicted octanol–water partition coefficient (Wildman–Crippen LogP) is 1.93. The summed E-state index contributed by atoms with van der Waals surface area (Å²) in [4.78, 5) is -0.351. The van der Waals surface area contributed by atoms with Gasteiger partial charge in [-0.1, -0.05) is 22.9 Å².